The number of nitrogens with two attached hydrogens (primary N) is 1. The predicted octanol–water partition coefficient (Wildman–Crippen LogP) is 1.16. The second kappa shape index (κ2) is 5.16. The molecule has 0 fully saturated rings. The minimum atomic E-state index is -0.467. The van der Waals surface area contributed by atoms with Crippen molar-refractivity contribution in [2.45, 2.75) is 6.92 Å². The van der Waals surface area contributed by atoms with Crippen molar-refractivity contribution in [3.63, 3.8) is 0 Å². The summed E-state index contributed by atoms with van der Waals surface area (Å²) in [6, 6.07) is 4.66. The smallest absolute Gasteiger partial charge is 0.337 e. The molecule has 0 radical (unpaired) electrons. The van der Waals surface area contributed by atoms with Gasteiger partial charge in [-0.3, -0.25) is 5.41 Å². The highest BCUT2D eigenvalue weighted by atomic mass is 16.5. The third-order valence-electron chi connectivity index (χ3n) is 1.99. The van der Waals surface area contributed by atoms with Crippen LogP contribution in [0.25, 0.3) is 0 Å². The van der Waals surface area contributed by atoms with Crippen molar-refractivity contribution < 1.29 is 14.3 Å². The van der Waals surface area contributed by atoms with Gasteiger partial charge in [-0.1, -0.05) is 0 Å². The molecule has 3 N–H and O–H groups in total. The van der Waals surface area contributed by atoms with Crippen LogP contribution >= 0.6 is 0 Å². The highest BCUT2D eigenvalue weighted by Crippen LogP contribution is 2.20. The number of nitrogen functional groups attached to an aromatic ring is 1. The fourth-order valence-electron chi connectivity index (χ4n) is 1.27. The SMILES string of the molecule is CCOc1ccc(C(=O)OC)cc1C(=N)N. The number of carbonyl (C=O) groups is 1. The van der Waals surface area contributed by atoms with Crippen molar-refractivity contribution in [1.82, 2.24) is 0 Å². The van der Waals surface area contributed by atoms with Gasteiger partial charge in [-0.05, 0) is 25.1 Å². The number of hydrogen-bond acceptors (Lipinski definition) is 4. The van der Waals surface area contributed by atoms with Crippen molar-refractivity contribution in [2.24, 2.45) is 5.73 Å². The molecule has 5 heteroatoms. The number of nitrogens with one attached hydrogen (secondary N) is 1. The maximum Gasteiger partial charge on any atom is 0.337 e. The first-order valence-corrected chi connectivity index (χ1v) is 4.79. The molecule has 0 aromatic heterocycles. The van der Waals surface area contributed by atoms with Crippen LogP contribution in [0.5, 0.6) is 5.75 Å². The summed E-state index contributed by atoms with van der Waals surface area (Å²) in [4.78, 5) is 11.3. The Morgan fingerprint density at radius 2 is 2.19 bits per heavy atom. The first-order chi connectivity index (χ1) is 7.60. The molecule has 0 saturated heterocycles. The zero-order valence-corrected chi connectivity index (χ0v) is 9.24. The van der Waals surface area contributed by atoms with E-state index in [2.05, 4.69) is 4.74 Å². The lowest BCUT2D eigenvalue weighted by molar-refractivity contribution is 0.0600. The van der Waals surface area contributed by atoms with Gasteiger partial charge >= 0.3 is 5.97 Å². The number of methoxy groups -OCH3 is 1. The number of hydrogen-bond donors (Lipinski definition) is 2. The second-order valence-electron chi connectivity index (χ2n) is 3.05. The highest BCUT2D eigenvalue weighted by Gasteiger charge is 2.12. The third-order valence-corrected chi connectivity index (χ3v) is 1.99. The van der Waals surface area contributed by atoms with Crippen molar-refractivity contribution in [2.75, 3.05) is 13.7 Å². The van der Waals surface area contributed by atoms with Crippen molar-refractivity contribution in [3.8, 4) is 5.75 Å². The van der Waals surface area contributed by atoms with Gasteiger partial charge in [0.1, 0.15) is 11.6 Å². The Kier molecular flexibility index (Phi) is 3.88. The van der Waals surface area contributed by atoms with Crippen LogP contribution in [0.15, 0.2) is 18.2 Å². The molecule has 0 aliphatic carbocycles. The Labute approximate surface area is 93.7 Å². The van der Waals surface area contributed by atoms with Crippen molar-refractivity contribution >= 4 is 11.8 Å². The molecule has 0 unspecified atom stereocenters. The summed E-state index contributed by atoms with van der Waals surface area (Å²) >= 11 is 0. The van der Waals surface area contributed by atoms with E-state index in [9.17, 15) is 4.79 Å². The van der Waals surface area contributed by atoms with E-state index in [-0.39, 0.29) is 5.84 Å². The molecule has 1 aromatic rings. The van der Waals surface area contributed by atoms with Gasteiger partial charge in [-0.25, -0.2) is 4.79 Å². The van der Waals surface area contributed by atoms with E-state index >= 15 is 0 Å². The monoisotopic (exact) mass is 222 g/mol. The summed E-state index contributed by atoms with van der Waals surface area (Å²) in [5.74, 6) is -0.123. The molecular formula is C11H14N2O3. The molecule has 0 amide bonds. The Bertz CT molecular complexity index is 416. The maximum absolute atomic E-state index is 11.3. The molecule has 5 nitrogen and oxygen atoms in total. The summed E-state index contributed by atoms with van der Waals surface area (Å²) in [7, 11) is 1.30. The zero-order valence-electron chi connectivity index (χ0n) is 9.24. The predicted molar refractivity (Wildman–Crippen MR) is 60.0 cm³/mol. The number of ether oxygens (including phenoxy) is 2. The molecule has 0 spiro atoms. The van der Waals surface area contributed by atoms with Gasteiger partial charge in [0.25, 0.3) is 0 Å². The zero-order chi connectivity index (χ0) is 12.1. The number of amidine groups is 1. The first kappa shape index (κ1) is 12.0. The number of esters is 1. The number of rotatable bonds is 4. The van der Waals surface area contributed by atoms with E-state index < -0.39 is 5.97 Å². The molecule has 1 aromatic carbocycles. The largest absolute Gasteiger partial charge is 0.493 e. The van der Waals surface area contributed by atoms with E-state index in [0.717, 1.165) is 0 Å². The van der Waals surface area contributed by atoms with Gasteiger partial charge in [0.15, 0.2) is 0 Å². The Morgan fingerprint density at radius 3 is 2.69 bits per heavy atom. The quantitative estimate of drug-likeness (QED) is 0.454. The van der Waals surface area contributed by atoms with Crippen molar-refractivity contribution in [1.29, 1.82) is 5.41 Å². The Balaban J connectivity index is 3.17. The average Bonchev–Trinajstić information content (AvgIpc) is 2.28. The standard InChI is InChI=1S/C11H14N2O3/c1-3-16-9-5-4-7(11(14)15-2)6-8(9)10(12)13/h4-6H,3H2,1-2H3,(H3,12,13). The van der Waals surface area contributed by atoms with Gasteiger partial charge in [-0.2, -0.15) is 0 Å². The van der Waals surface area contributed by atoms with Crippen LogP contribution in [0.1, 0.15) is 22.8 Å². The van der Waals surface area contributed by atoms with Crippen LogP contribution in [0, 0.1) is 5.41 Å². The summed E-state index contributed by atoms with van der Waals surface area (Å²) in [5.41, 5.74) is 6.14. The number of benzene rings is 1. The van der Waals surface area contributed by atoms with Crippen LogP contribution < -0.4 is 10.5 Å². The fraction of sp³-hybridized carbons (Fsp3) is 0.273. The summed E-state index contributed by atoms with van der Waals surface area (Å²) in [6.45, 7) is 2.30. The summed E-state index contributed by atoms with van der Waals surface area (Å²) < 4.78 is 9.87. The lowest BCUT2D eigenvalue weighted by atomic mass is 10.1. The lowest BCUT2D eigenvalue weighted by Gasteiger charge is -2.10. The van der Waals surface area contributed by atoms with Crippen LogP contribution in [-0.4, -0.2) is 25.5 Å². The molecular weight excluding hydrogens is 208 g/mol. The molecule has 0 bridgehead atoms. The molecule has 0 aliphatic heterocycles. The van der Waals surface area contributed by atoms with E-state index in [1.165, 1.54) is 13.2 Å². The Morgan fingerprint density at radius 1 is 1.50 bits per heavy atom. The number of carbonyl (C=O) groups excluding carboxylic acids is 1. The van der Waals surface area contributed by atoms with E-state index in [4.69, 9.17) is 15.9 Å². The van der Waals surface area contributed by atoms with Gasteiger partial charge in [0.2, 0.25) is 0 Å². The summed E-state index contributed by atoms with van der Waals surface area (Å²) in [5, 5.41) is 7.40. The molecule has 0 saturated carbocycles. The summed E-state index contributed by atoms with van der Waals surface area (Å²) in [6.07, 6.45) is 0. The molecule has 16 heavy (non-hydrogen) atoms. The van der Waals surface area contributed by atoms with Crippen LogP contribution in [0.4, 0.5) is 0 Å². The second-order valence-corrected chi connectivity index (χ2v) is 3.05. The van der Waals surface area contributed by atoms with Gasteiger partial charge in [0, 0.05) is 0 Å². The van der Waals surface area contributed by atoms with Crippen LogP contribution in [0.3, 0.4) is 0 Å². The minimum absolute atomic E-state index is 0.144. The molecule has 1 rings (SSSR count). The van der Waals surface area contributed by atoms with Gasteiger partial charge < -0.3 is 15.2 Å². The van der Waals surface area contributed by atoms with Gasteiger partial charge in [-0.15, -0.1) is 0 Å². The van der Waals surface area contributed by atoms with Crippen molar-refractivity contribution in [3.05, 3.63) is 29.3 Å². The molecule has 0 aliphatic rings. The van der Waals surface area contributed by atoms with E-state index in [0.29, 0.717) is 23.5 Å². The average molecular weight is 222 g/mol. The van der Waals surface area contributed by atoms with E-state index in [1.807, 2.05) is 6.92 Å². The van der Waals surface area contributed by atoms with E-state index in [1.54, 1.807) is 12.1 Å². The maximum atomic E-state index is 11.3. The highest BCUT2D eigenvalue weighted by molar-refractivity contribution is 6.00. The lowest BCUT2D eigenvalue weighted by Crippen LogP contribution is -2.14. The topological polar surface area (TPSA) is 85.4 Å². The molecule has 0 heterocycles. The molecule has 86 valence electrons. The minimum Gasteiger partial charge on any atom is -0.493 e. The normalized spacial score (nSPS) is 9.62. The van der Waals surface area contributed by atoms with Crippen LogP contribution in [-0.2, 0) is 4.74 Å². The van der Waals surface area contributed by atoms with Crippen LogP contribution in [0.2, 0.25) is 0 Å². The first-order valence-electron chi connectivity index (χ1n) is 4.79. The van der Waals surface area contributed by atoms with Gasteiger partial charge in [0.05, 0.1) is 24.8 Å². The fourth-order valence-corrected chi connectivity index (χ4v) is 1.27. The Hall–Kier alpha value is -2.04. The molecule has 0 atom stereocenters. The third kappa shape index (κ3) is 2.50.